The zero-order valence-electron chi connectivity index (χ0n) is 13.5. The Hall–Kier alpha value is -2.46. The molecule has 27 heavy (non-hydrogen) atoms. The second-order valence-corrected chi connectivity index (χ2v) is 7.96. The van der Waals surface area contributed by atoms with Crippen LogP contribution >= 0.6 is 23.2 Å². The zero-order chi connectivity index (χ0) is 19.6. The largest absolute Gasteiger partial charge is 0.493 e. The number of hydrogen-bond donors (Lipinski definition) is 4. The van der Waals surface area contributed by atoms with E-state index in [0.717, 1.165) is 0 Å². The van der Waals surface area contributed by atoms with Crippen molar-refractivity contribution in [3.8, 4) is 17.4 Å². The summed E-state index contributed by atoms with van der Waals surface area (Å²) in [5.74, 6) is 0.429. The highest BCUT2D eigenvalue weighted by Gasteiger charge is 2.16. The molecular formula is C16H13Cl2N3O5S. The Bertz CT molecular complexity index is 1120. The summed E-state index contributed by atoms with van der Waals surface area (Å²) < 4.78 is 32.5. The van der Waals surface area contributed by atoms with E-state index in [1.54, 1.807) is 18.2 Å². The maximum Gasteiger partial charge on any atom is 0.326 e. The van der Waals surface area contributed by atoms with Crippen molar-refractivity contribution in [1.29, 1.82) is 0 Å². The number of hydrogen-bond acceptors (Lipinski definition) is 5. The van der Waals surface area contributed by atoms with Gasteiger partial charge < -0.3 is 14.8 Å². The molecular weight excluding hydrogens is 417 g/mol. The fourth-order valence-electron chi connectivity index (χ4n) is 2.15. The number of halogens is 2. The average Bonchev–Trinajstić information content (AvgIpc) is 2.94. The van der Waals surface area contributed by atoms with Crippen molar-refractivity contribution in [2.45, 2.75) is 11.4 Å². The van der Waals surface area contributed by atoms with Crippen LogP contribution in [-0.2, 0) is 16.6 Å². The molecule has 0 amide bonds. The van der Waals surface area contributed by atoms with Crippen LogP contribution in [0.1, 0.15) is 5.69 Å². The second kappa shape index (κ2) is 7.65. The molecule has 8 nitrogen and oxygen atoms in total. The number of H-pyrrole nitrogens is 2. The summed E-state index contributed by atoms with van der Waals surface area (Å²) in [4.78, 5) is 15.4. The summed E-state index contributed by atoms with van der Waals surface area (Å²) in [5, 5.41) is 10.2. The van der Waals surface area contributed by atoms with E-state index in [-0.39, 0.29) is 17.1 Å². The number of aromatic nitrogens is 2. The molecule has 0 saturated heterocycles. The van der Waals surface area contributed by atoms with Gasteiger partial charge in [-0.15, -0.1) is 0 Å². The third kappa shape index (κ3) is 4.64. The van der Waals surface area contributed by atoms with Crippen LogP contribution in [0.2, 0.25) is 10.0 Å². The van der Waals surface area contributed by atoms with Crippen LogP contribution in [0, 0.1) is 0 Å². The summed E-state index contributed by atoms with van der Waals surface area (Å²) in [6, 6.07) is 10.4. The summed E-state index contributed by atoms with van der Waals surface area (Å²) in [7, 11) is -3.86. The number of aromatic amines is 2. The Morgan fingerprint density at radius 1 is 1.00 bits per heavy atom. The molecule has 3 aromatic rings. The second-order valence-electron chi connectivity index (χ2n) is 5.38. The fraction of sp³-hybridized carbons (Fsp3) is 0.0625. The third-order valence-corrected chi connectivity index (χ3v) is 5.64. The maximum absolute atomic E-state index is 12.3. The average molecular weight is 430 g/mol. The summed E-state index contributed by atoms with van der Waals surface area (Å²) in [5.41, 5.74) is -0.603. The quantitative estimate of drug-likeness (QED) is 0.479. The molecule has 2 aromatic carbocycles. The first-order valence-corrected chi connectivity index (χ1v) is 9.71. The summed E-state index contributed by atoms with van der Waals surface area (Å²) in [6.07, 6.45) is 0. The normalized spacial score (nSPS) is 11.5. The number of rotatable bonds is 6. The molecule has 0 radical (unpaired) electrons. The monoisotopic (exact) mass is 429 g/mol. The smallest absolute Gasteiger partial charge is 0.326 e. The topological polar surface area (TPSA) is 124 Å². The SMILES string of the molecule is O=c1[nH]c(O)c(CNS(=O)(=O)c2ccc(Oc3ccc(Cl)c(Cl)c3)cc2)[nH]1. The number of aromatic hydroxyl groups is 1. The molecule has 11 heteroatoms. The van der Waals surface area contributed by atoms with Gasteiger partial charge in [-0.3, -0.25) is 4.98 Å². The standard InChI is InChI=1S/C16H13Cl2N3O5S/c17-12-6-3-10(7-13(12)18)26-9-1-4-11(5-2-9)27(24,25)19-8-14-15(22)21-16(23)20-14/h1-7,19,22H,8H2,(H2,20,21,23). The molecule has 3 rings (SSSR count). The van der Waals surface area contributed by atoms with E-state index in [1.807, 2.05) is 0 Å². The van der Waals surface area contributed by atoms with Gasteiger partial charge in [-0.2, -0.15) is 0 Å². The molecule has 0 saturated carbocycles. The Labute approximate surface area is 163 Å². The van der Waals surface area contributed by atoms with Crippen LogP contribution in [0.3, 0.4) is 0 Å². The Kier molecular flexibility index (Phi) is 5.47. The maximum atomic E-state index is 12.3. The molecule has 0 aliphatic carbocycles. The highest BCUT2D eigenvalue weighted by Crippen LogP contribution is 2.29. The molecule has 0 atom stereocenters. The van der Waals surface area contributed by atoms with Crippen molar-refractivity contribution in [3.05, 3.63) is 68.7 Å². The van der Waals surface area contributed by atoms with Gasteiger partial charge in [0.1, 0.15) is 11.5 Å². The van der Waals surface area contributed by atoms with E-state index >= 15 is 0 Å². The van der Waals surface area contributed by atoms with Crippen molar-refractivity contribution in [3.63, 3.8) is 0 Å². The van der Waals surface area contributed by atoms with Crippen LogP contribution in [0.25, 0.3) is 0 Å². The minimum absolute atomic E-state index is 0.0126. The molecule has 0 fully saturated rings. The van der Waals surface area contributed by atoms with E-state index in [2.05, 4.69) is 14.7 Å². The number of ether oxygens (including phenoxy) is 1. The predicted octanol–water partition coefficient (Wildman–Crippen LogP) is 2.99. The van der Waals surface area contributed by atoms with Gasteiger partial charge in [-0.25, -0.2) is 17.9 Å². The third-order valence-electron chi connectivity index (χ3n) is 3.48. The first kappa shape index (κ1) is 19.3. The first-order valence-electron chi connectivity index (χ1n) is 7.47. The van der Waals surface area contributed by atoms with Gasteiger partial charge in [0.15, 0.2) is 0 Å². The molecule has 142 valence electrons. The first-order chi connectivity index (χ1) is 12.7. The number of nitrogens with one attached hydrogen (secondary N) is 3. The van der Waals surface area contributed by atoms with Crippen molar-refractivity contribution in [2.24, 2.45) is 0 Å². The van der Waals surface area contributed by atoms with Gasteiger partial charge in [-0.05, 0) is 36.4 Å². The van der Waals surface area contributed by atoms with Gasteiger partial charge in [0.25, 0.3) is 0 Å². The summed E-state index contributed by atoms with van der Waals surface area (Å²) >= 11 is 11.8. The van der Waals surface area contributed by atoms with Gasteiger partial charge in [0, 0.05) is 6.07 Å². The van der Waals surface area contributed by atoms with Crippen LogP contribution < -0.4 is 15.1 Å². The minimum Gasteiger partial charge on any atom is -0.493 e. The zero-order valence-corrected chi connectivity index (χ0v) is 15.8. The van der Waals surface area contributed by atoms with E-state index in [4.69, 9.17) is 27.9 Å². The van der Waals surface area contributed by atoms with Crippen molar-refractivity contribution >= 4 is 33.2 Å². The molecule has 1 heterocycles. The number of sulfonamides is 1. The van der Waals surface area contributed by atoms with Gasteiger partial charge in [0.05, 0.1) is 27.2 Å². The van der Waals surface area contributed by atoms with Crippen molar-refractivity contribution in [1.82, 2.24) is 14.7 Å². The Balaban J connectivity index is 1.70. The molecule has 0 unspecified atom stereocenters. The fourth-order valence-corrected chi connectivity index (χ4v) is 3.44. The number of benzene rings is 2. The van der Waals surface area contributed by atoms with E-state index in [0.29, 0.717) is 21.5 Å². The van der Waals surface area contributed by atoms with Crippen LogP contribution in [0.5, 0.6) is 17.4 Å². The van der Waals surface area contributed by atoms with Crippen LogP contribution in [0.15, 0.2) is 52.2 Å². The number of imidazole rings is 1. The lowest BCUT2D eigenvalue weighted by atomic mass is 10.3. The van der Waals surface area contributed by atoms with E-state index < -0.39 is 21.6 Å². The highest BCUT2D eigenvalue weighted by molar-refractivity contribution is 7.89. The molecule has 0 spiro atoms. The molecule has 0 aliphatic rings. The molecule has 1 aromatic heterocycles. The molecule has 0 aliphatic heterocycles. The van der Waals surface area contributed by atoms with Crippen molar-refractivity contribution < 1.29 is 18.3 Å². The van der Waals surface area contributed by atoms with Gasteiger partial charge in [0.2, 0.25) is 15.9 Å². The van der Waals surface area contributed by atoms with Crippen LogP contribution in [-0.4, -0.2) is 23.5 Å². The van der Waals surface area contributed by atoms with Crippen LogP contribution in [0.4, 0.5) is 0 Å². The van der Waals surface area contributed by atoms with Crippen molar-refractivity contribution in [2.75, 3.05) is 0 Å². The lowest BCUT2D eigenvalue weighted by Crippen LogP contribution is -2.23. The Morgan fingerprint density at radius 3 is 2.26 bits per heavy atom. The summed E-state index contributed by atoms with van der Waals surface area (Å²) in [6.45, 7) is -0.283. The van der Waals surface area contributed by atoms with Gasteiger partial charge >= 0.3 is 5.69 Å². The molecule has 0 bridgehead atoms. The minimum atomic E-state index is -3.86. The Morgan fingerprint density at radius 2 is 1.67 bits per heavy atom. The van der Waals surface area contributed by atoms with E-state index in [1.165, 1.54) is 24.3 Å². The lowest BCUT2D eigenvalue weighted by molar-refractivity contribution is 0.447. The predicted molar refractivity (Wildman–Crippen MR) is 100 cm³/mol. The van der Waals surface area contributed by atoms with E-state index in [9.17, 15) is 18.3 Å². The highest BCUT2D eigenvalue weighted by atomic mass is 35.5. The molecule has 4 N–H and O–H groups in total. The lowest BCUT2D eigenvalue weighted by Gasteiger charge is -2.09. The van der Waals surface area contributed by atoms with Gasteiger partial charge in [-0.1, -0.05) is 23.2 Å².